The predicted octanol–water partition coefficient (Wildman–Crippen LogP) is 14.3. The fourth-order valence-corrected chi connectivity index (χ4v) is 8.95. The first-order valence-corrected chi connectivity index (χ1v) is 29.0. The molecule has 1 aliphatic heterocycles. The topological polar surface area (TPSA) is 149 Å². The van der Waals surface area contributed by atoms with Crippen LogP contribution in [-0.4, -0.2) is 87.5 Å². The molecular formula is C60H109NO8. The smallest absolute Gasteiger partial charge is 0.220 e. The number of amides is 1. The highest BCUT2D eigenvalue weighted by molar-refractivity contribution is 5.76. The number of carbonyl (C=O) groups excluding carboxylic acids is 1. The highest BCUT2D eigenvalue weighted by Gasteiger charge is 2.44. The van der Waals surface area contributed by atoms with Crippen LogP contribution in [0.5, 0.6) is 0 Å². The lowest BCUT2D eigenvalue weighted by Crippen LogP contribution is -2.60. The lowest BCUT2D eigenvalue weighted by atomic mass is 9.99. The van der Waals surface area contributed by atoms with Crippen molar-refractivity contribution in [3.05, 3.63) is 60.8 Å². The zero-order chi connectivity index (χ0) is 50.1. The van der Waals surface area contributed by atoms with E-state index in [4.69, 9.17) is 9.47 Å². The van der Waals surface area contributed by atoms with Gasteiger partial charge in [0.2, 0.25) is 5.91 Å². The fourth-order valence-electron chi connectivity index (χ4n) is 8.95. The van der Waals surface area contributed by atoms with Gasteiger partial charge in [-0.25, -0.2) is 0 Å². The van der Waals surface area contributed by atoms with Crippen molar-refractivity contribution < 1.29 is 39.8 Å². The normalized spacial score (nSPS) is 19.9. The Kier molecular flexibility index (Phi) is 46.5. The third-order valence-corrected chi connectivity index (χ3v) is 13.6. The molecule has 69 heavy (non-hydrogen) atoms. The summed E-state index contributed by atoms with van der Waals surface area (Å²) in [5.74, 6) is -0.199. The Balaban J connectivity index is 2.27. The molecule has 9 nitrogen and oxygen atoms in total. The maximum absolute atomic E-state index is 13.0. The van der Waals surface area contributed by atoms with E-state index in [2.05, 4.69) is 67.8 Å². The Morgan fingerprint density at radius 1 is 0.493 bits per heavy atom. The highest BCUT2D eigenvalue weighted by atomic mass is 16.7. The number of carbonyl (C=O) groups is 1. The van der Waals surface area contributed by atoms with Crippen LogP contribution >= 0.6 is 0 Å². The van der Waals surface area contributed by atoms with Crippen LogP contribution in [0.3, 0.4) is 0 Å². The summed E-state index contributed by atoms with van der Waals surface area (Å²) < 4.78 is 11.3. The Bertz CT molecular complexity index is 1270. The van der Waals surface area contributed by atoms with Gasteiger partial charge in [0, 0.05) is 6.42 Å². The van der Waals surface area contributed by atoms with Gasteiger partial charge in [0.25, 0.3) is 0 Å². The number of ether oxygens (including phenoxy) is 2. The number of rotatable bonds is 49. The number of unbranched alkanes of at least 4 members (excludes halogenated alkanes) is 31. The molecule has 0 aliphatic carbocycles. The van der Waals surface area contributed by atoms with Gasteiger partial charge in [-0.3, -0.25) is 4.79 Å². The van der Waals surface area contributed by atoms with Crippen molar-refractivity contribution in [2.45, 2.75) is 301 Å². The van der Waals surface area contributed by atoms with E-state index in [0.717, 1.165) is 64.2 Å². The largest absolute Gasteiger partial charge is 0.394 e. The van der Waals surface area contributed by atoms with E-state index in [-0.39, 0.29) is 12.5 Å². The van der Waals surface area contributed by atoms with Crippen molar-refractivity contribution in [2.75, 3.05) is 13.2 Å². The van der Waals surface area contributed by atoms with Crippen molar-refractivity contribution >= 4 is 5.91 Å². The summed E-state index contributed by atoms with van der Waals surface area (Å²) in [7, 11) is 0. The molecule has 1 rings (SSSR count). The van der Waals surface area contributed by atoms with Crippen LogP contribution in [-0.2, 0) is 14.3 Å². The minimum atomic E-state index is -1.58. The molecule has 0 aromatic carbocycles. The fraction of sp³-hybridized carbons (Fsp3) is 0.817. The third kappa shape index (κ3) is 39.1. The molecule has 0 aromatic heterocycles. The van der Waals surface area contributed by atoms with E-state index in [1.54, 1.807) is 6.08 Å². The number of nitrogens with one attached hydrogen (secondary N) is 1. The van der Waals surface area contributed by atoms with Crippen LogP contribution in [0, 0.1) is 0 Å². The summed E-state index contributed by atoms with van der Waals surface area (Å²) in [5.41, 5.74) is 0. The maximum Gasteiger partial charge on any atom is 0.220 e. The Morgan fingerprint density at radius 3 is 1.32 bits per heavy atom. The van der Waals surface area contributed by atoms with Crippen LogP contribution < -0.4 is 5.32 Å². The van der Waals surface area contributed by atoms with Gasteiger partial charge in [-0.2, -0.15) is 0 Å². The minimum Gasteiger partial charge on any atom is -0.394 e. The summed E-state index contributed by atoms with van der Waals surface area (Å²) in [5, 5.41) is 54.5. The monoisotopic (exact) mass is 972 g/mol. The molecule has 0 radical (unpaired) electrons. The molecule has 402 valence electrons. The highest BCUT2D eigenvalue weighted by Crippen LogP contribution is 2.23. The van der Waals surface area contributed by atoms with E-state index in [1.165, 1.54) is 173 Å². The molecule has 7 unspecified atom stereocenters. The van der Waals surface area contributed by atoms with Crippen LogP contribution in [0.1, 0.15) is 258 Å². The minimum absolute atomic E-state index is 0.199. The van der Waals surface area contributed by atoms with Crippen molar-refractivity contribution in [1.29, 1.82) is 0 Å². The second-order valence-electron chi connectivity index (χ2n) is 20.1. The van der Waals surface area contributed by atoms with Crippen LogP contribution in [0.15, 0.2) is 60.8 Å². The molecule has 9 heteroatoms. The van der Waals surface area contributed by atoms with Gasteiger partial charge in [-0.15, -0.1) is 0 Å². The van der Waals surface area contributed by atoms with Gasteiger partial charge in [-0.05, 0) is 70.6 Å². The van der Waals surface area contributed by atoms with Crippen molar-refractivity contribution in [1.82, 2.24) is 5.32 Å². The van der Waals surface area contributed by atoms with Gasteiger partial charge in [0.15, 0.2) is 6.29 Å². The second kappa shape index (κ2) is 49.5. The summed E-state index contributed by atoms with van der Waals surface area (Å²) in [6.45, 7) is 3.76. The van der Waals surface area contributed by atoms with E-state index < -0.39 is 49.5 Å². The van der Waals surface area contributed by atoms with Crippen LogP contribution in [0.4, 0.5) is 0 Å². The zero-order valence-electron chi connectivity index (χ0n) is 44.6. The quantitative estimate of drug-likeness (QED) is 0.0261. The molecule has 0 bridgehead atoms. The molecule has 1 saturated heterocycles. The van der Waals surface area contributed by atoms with Crippen LogP contribution in [0.25, 0.3) is 0 Å². The molecule has 1 fully saturated rings. The van der Waals surface area contributed by atoms with Crippen LogP contribution in [0.2, 0.25) is 0 Å². The molecule has 1 amide bonds. The van der Waals surface area contributed by atoms with Crippen molar-refractivity contribution in [3.63, 3.8) is 0 Å². The first kappa shape index (κ1) is 64.9. The van der Waals surface area contributed by atoms with E-state index >= 15 is 0 Å². The number of aliphatic hydroxyl groups is 5. The van der Waals surface area contributed by atoms with Gasteiger partial charge in [0.05, 0.1) is 25.4 Å². The Labute approximate surface area is 424 Å². The average Bonchev–Trinajstić information content (AvgIpc) is 3.35. The molecule has 1 heterocycles. The van der Waals surface area contributed by atoms with Gasteiger partial charge < -0.3 is 40.3 Å². The number of hydrogen-bond acceptors (Lipinski definition) is 8. The first-order chi connectivity index (χ1) is 33.8. The molecule has 0 saturated carbocycles. The number of allylic oxidation sites excluding steroid dienone is 9. The lowest BCUT2D eigenvalue weighted by Gasteiger charge is -2.40. The van der Waals surface area contributed by atoms with Gasteiger partial charge in [-0.1, -0.05) is 242 Å². The molecular weight excluding hydrogens is 863 g/mol. The third-order valence-electron chi connectivity index (χ3n) is 13.6. The average molecular weight is 973 g/mol. The summed E-state index contributed by atoms with van der Waals surface area (Å²) in [6.07, 6.45) is 60.0. The van der Waals surface area contributed by atoms with Crippen molar-refractivity contribution in [3.8, 4) is 0 Å². The Hall–Kier alpha value is -2.11. The molecule has 0 spiro atoms. The SMILES string of the molecule is CCCCCCC/C=C\C/C=C\C/C=C\CCCCCCCCC(=O)NC(COC1OC(CO)C(O)C(O)C1O)C(O)/C=C/CC/C=C/CCCCCCCCCCCCCCCCCCCCC. The predicted molar refractivity (Wildman–Crippen MR) is 290 cm³/mol. The lowest BCUT2D eigenvalue weighted by molar-refractivity contribution is -0.302. The number of aliphatic hydroxyl groups excluding tert-OH is 5. The maximum atomic E-state index is 13.0. The van der Waals surface area contributed by atoms with Crippen molar-refractivity contribution in [2.24, 2.45) is 0 Å². The summed E-state index contributed by atoms with van der Waals surface area (Å²) >= 11 is 0. The molecule has 6 N–H and O–H groups in total. The molecule has 7 atom stereocenters. The van der Waals surface area contributed by atoms with E-state index in [1.807, 2.05) is 6.08 Å². The van der Waals surface area contributed by atoms with E-state index in [9.17, 15) is 30.3 Å². The summed E-state index contributed by atoms with van der Waals surface area (Å²) in [4.78, 5) is 13.0. The number of hydrogen-bond donors (Lipinski definition) is 6. The first-order valence-electron chi connectivity index (χ1n) is 29.0. The summed E-state index contributed by atoms with van der Waals surface area (Å²) in [6, 6.07) is -0.832. The van der Waals surface area contributed by atoms with Gasteiger partial charge >= 0.3 is 0 Å². The molecule has 1 aliphatic rings. The van der Waals surface area contributed by atoms with E-state index in [0.29, 0.717) is 6.42 Å². The standard InChI is InChI=1S/C60H109NO8/c1-3-5-7-9-11-13-15-17-19-21-23-25-26-27-28-30-31-33-35-37-39-41-43-45-47-49-54(63)53(52-68-60-59(67)58(66)57(65)55(51-62)69-60)61-56(64)50-48-46-44-42-40-38-36-34-32-29-24-22-20-18-16-14-12-10-8-6-4-2/h16,18,22,24,32,34,39,41,47,49,53-55,57-60,62-63,65-67H,3-15,17,19-21,23,25-31,33,35-38,40,42-46,48,50-52H2,1-2H3,(H,61,64)/b18-16-,24-22-,34-32-,41-39+,49-47+. The Morgan fingerprint density at radius 2 is 0.870 bits per heavy atom. The van der Waals surface area contributed by atoms with Gasteiger partial charge in [0.1, 0.15) is 24.4 Å². The zero-order valence-corrected chi connectivity index (χ0v) is 44.6. The molecule has 0 aromatic rings. The second-order valence-corrected chi connectivity index (χ2v) is 20.1.